The smallest absolute Gasteiger partial charge is 0.339 e. The molecule has 0 aromatic carbocycles. The molecule has 1 aromatic rings. The van der Waals surface area contributed by atoms with E-state index in [1.54, 1.807) is 0 Å². The zero-order valence-electron chi connectivity index (χ0n) is 11.1. The van der Waals surface area contributed by atoms with Crippen molar-refractivity contribution in [1.82, 2.24) is 19.9 Å². The van der Waals surface area contributed by atoms with E-state index in [-0.39, 0.29) is 11.9 Å². The quantitative estimate of drug-likeness (QED) is 0.815. The van der Waals surface area contributed by atoms with Gasteiger partial charge in [-0.15, -0.1) is 0 Å². The molecule has 1 aliphatic rings. The molecular weight excluding hydrogens is 277 g/mol. The topological polar surface area (TPSA) is 62.5 Å². The van der Waals surface area contributed by atoms with Crippen molar-refractivity contribution in [3.63, 3.8) is 0 Å². The van der Waals surface area contributed by atoms with Crippen LogP contribution in [0.1, 0.15) is 17.8 Å². The van der Waals surface area contributed by atoms with Gasteiger partial charge in [0.25, 0.3) is 0 Å². The van der Waals surface area contributed by atoms with Crippen molar-refractivity contribution in [1.29, 1.82) is 0 Å². The van der Waals surface area contributed by atoms with E-state index in [1.165, 1.54) is 0 Å². The maximum Gasteiger partial charge on any atom is 0.450 e. The predicted octanol–water partition coefficient (Wildman–Crippen LogP) is 0.662. The first-order valence-electron chi connectivity index (χ1n) is 6.08. The van der Waals surface area contributed by atoms with Crippen molar-refractivity contribution in [2.45, 2.75) is 18.6 Å². The highest BCUT2D eigenvalue weighted by atomic mass is 19.4. The van der Waals surface area contributed by atoms with Gasteiger partial charge in [0.2, 0.25) is 11.7 Å². The number of hydrogen-bond donors (Lipinski definition) is 0. The number of ketones is 1. The number of aromatic nitrogens is 2. The molecule has 6 nitrogen and oxygen atoms in total. The Morgan fingerprint density at radius 1 is 1.40 bits per heavy atom. The van der Waals surface area contributed by atoms with E-state index in [2.05, 4.69) is 15.0 Å². The minimum Gasteiger partial charge on any atom is -0.339 e. The van der Waals surface area contributed by atoms with Crippen LogP contribution >= 0.6 is 0 Å². The largest absolute Gasteiger partial charge is 0.450 e. The Morgan fingerprint density at radius 3 is 2.75 bits per heavy atom. The molecule has 1 unspecified atom stereocenters. The van der Waals surface area contributed by atoms with Crippen LogP contribution in [-0.4, -0.2) is 65.6 Å². The van der Waals surface area contributed by atoms with Crippen LogP contribution in [0.3, 0.4) is 0 Å². The molecule has 1 atom stereocenters. The second-order valence-corrected chi connectivity index (χ2v) is 4.90. The summed E-state index contributed by atoms with van der Waals surface area (Å²) in [5.74, 6) is -1.88. The lowest BCUT2D eigenvalue weighted by molar-refractivity contribution is -0.170. The van der Waals surface area contributed by atoms with E-state index in [4.69, 9.17) is 4.52 Å². The maximum atomic E-state index is 12.2. The summed E-state index contributed by atoms with van der Waals surface area (Å²) in [5, 5.41) is 3.69. The Labute approximate surface area is 113 Å². The lowest BCUT2D eigenvalue weighted by Crippen LogP contribution is -2.45. The number of hydrogen-bond acceptors (Lipinski definition) is 6. The minimum absolute atomic E-state index is 0.146. The van der Waals surface area contributed by atoms with Gasteiger partial charge in [-0.05, 0) is 14.1 Å². The lowest BCUT2D eigenvalue weighted by Gasteiger charge is -2.35. The maximum absolute atomic E-state index is 12.2. The van der Waals surface area contributed by atoms with E-state index < -0.39 is 18.4 Å². The first-order chi connectivity index (χ1) is 9.27. The molecule has 0 spiro atoms. The number of nitrogens with zero attached hydrogens (tertiary/aromatic N) is 4. The van der Waals surface area contributed by atoms with E-state index in [9.17, 15) is 18.0 Å². The molecule has 1 saturated heterocycles. The number of piperazine rings is 1. The highest BCUT2D eigenvalue weighted by Gasteiger charge is 2.39. The molecule has 9 heteroatoms. The van der Waals surface area contributed by atoms with Gasteiger partial charge < -0.3 is 9.42 Å². The number of alkyl halides is 3. The summed E-state index contributed by atoms with van der Waals surface area (Å²) in [5.41, 5.74) is 0. The molecule has 2 rings (SSSR count). The third-order valence-corrected chi connectivity index (χ3v) is 3.26. The average molecular weight is 292 g/mol. The summed E-state index contributed by atoms with van der Waals surface area (Å²) >= 11 is 0. The summed E-state index contributed by atoms with van der Waals surface area (Å²) in [6, 6.07) is -0.146. The number of carbonyl (C=O) groups is 1. The molecule has 112 valence electrons. The number of rotatable bonds is 3. The van der Waals surface area contributed by atoms with Crippen LogP contribution in [0.5, 0.6) is 0 Å². The molecule has 1 fully saturated rings. The van der Waals surface area contributed by atoms with E-state index in [0.29, 0.717) is 12.4 Å². The fraction of sp³-hybridized carbons (Fsp3) is 0.727. The third-order valence-electron chi connectivity index (χ3n) is 3.26. The van der Waals surface area contributed by atoms with Gasteiger partial charge in [-0.3, -0.25) is 9.69 Å². The fourth-order valence-corrected chi connectivity index (χ4v) is 2.00. The second kappa shape index (κ2) is 5.49. The van der Waals surface area contributed by atoms with Crippen molar-refractivity contribution in [3.05, 3.63) is 11.7 Å². The normalized spacial score (nSPS) is 22.1. The van der Waals surface area contributed by atoms with Crippen LogP contribution in [-0.2, 0) is 11.2 Å². The third kappa shape index (κ3) is 3.34. The molecule has 0 radical (unpaired) electrons. The summed E-state index contributed by atoms with van der Waals surface area (Å²) in [4.78, 5) is 18.8. The summed E-state index contributed by atoms with van der Waals surface area (Å²) in [6.45, 7) is 2.35. The highest BCUT2D eigenvalue weighted by molar-refractivity contribution is 5.85. The Balaban J connectivity index is 2.07. The van der Waals surface area contributed by atoms with Crippen molar-refractivity contribution in [2.75, 3.05) is 33.7 Å². The standard InChI is InChI=1S/C11H15F3N4O2/c1-17-3-4-18(2)7(6-17)10-15-9(20-16-10)5-8(19)11(12,13)14/h7H,3-6H2,1-2H3. The van der Waals surface area contributed by atoms with Gasteiger partial charge in [0.15, 0.2) is 5.82 Å². The zero-order valence-corrected chi connectivity index (χ0v) is 11.1. The molecular formula is C11H15F3N4O2. The highest BCUT2D eigenvalue weighted by Crippen LogP contribution is 2.22. The summed E-state index contributed by atoms with van der Waals surface area (Å²) in [7, 11) is 3.82. The van der Waals surface area contributed by atoms with Gasteiger partial charge in [-0.1, -0.05) is 5.16 Å². The van der Waals surface area contributed by atoms with Gasteiger partial charge in [-0.2, -0.15) is 18.2 Å². The van der Waals surface area contributed by atoms with Gasteiger partial charge in [0.05, 0.1) is 12.5 Å². The number of carbonyl (C=O) groups excluding carboxylic acids is 1. The van der Waals surface area contributed by atoms with Crippen LogP contribution in [0, 0.1) is 0 Å². The Morgan fingerprint density at radius 2 is 2.10 bits per heavy atom. The summed E-state index contributed by atoms with van der Waals surface area (Å²) in [6.07, 6.45) is -5.79. The molecule has 0 N–H and O–H groups in total. The van der Waals surface area contributed by atoms with Gasteiger partial charge in [-0.25, -0.2) is 0 Å². The van der Waals surface area contributed by atoms with Crippen molar-refractivity contribution >= 4 is 5.78 Å². The average Bonchev–Trinajstić information content (AvgIpc) is 2.79. The van der Waals surface area contributed by atoms with Crippen LogP contribution < -0.4 is 0 Å². The van der Waals surface area contributed by atoms with Crippen LogP contribution in [0.2, 0.25) is 0 Å². The van der Waals surface area contributed by atoms with Crippen LogP contribution in [0.4, 0.5) is 13.2 Å². The molecule has 20 heavy (non-hydrogen) atoms. The molecule has 0 aliphatic carbocycles. The van der Waals surface area contributed by atoms with E-state index in [1.807, 2.05) is 19.0 Å². The van der Waals surface area contributed by atoms with Gasteiger partial charge in [0, 0.05) is 19.6 Å². The molecule has 1 aromatic heterocycles. The Bertz CT molecular complexity index is 488. The van der Waals surface area contributed by atoms with Crippen LogP contribution in [0.25, 0.3) is 0 Å². The number of Topliss-reactive ketones (excluding diaryl/α,β-unsaturated/α-hetero) is 1. The zero-order chi connectivity index (χ0) is 14.9. The van der Waals surface area contributed by atoms with Crippen molar-refractivity contribution in [3.8, 4) is 0 Å². The fourth-order valence-electron chi connectivity index (χ4n) is 2.00. The Kier molecular flexibility index (Phi) is 4.09. The molecule has 2 heterocycles. The van der Waals surface area contributed by atoms with Gasteiger partial charge in [0.1, 0.15) is 0 Å². The predicted molar refractivity (Wildman–Crippen MR) is 61.9 cm³/mol. The molecule has 0 amide bonds. The van der Waals surface area contributed by atoms with Gasteiger partial charge >= 0.3 is 6.18 Å². The van der Waals surface area contributed by atoms with E-state index >= 15 is 0 Å². The molecule has 0 bridgehead atoms. The summed E-state index contributed by atoms with van der Waals surface area (Å²) < 4.78 is 41.2. The monoisotopic (exact) mass is 292 g/mol. The second-order valence-electron chi connectivity index (χ2n) is 4.90. The lowest BCUT2D eigenvalue weighted by atomic mass is 10.2. The number of halogens is 3. The Hall–Kier alpha value is -1.48. The van der Waals surface area contributed by atoms with Crippen molar-refractivity contribution < 1.29 is 22.5 Å². The number of likely N-dealkylation sites (N-methyl/N-ethyl adjacent to an activating group) is 2. The minimum atomic E-state index is -4.88. The molecule has 1 aliphatic heterocycles. The first-order valence-corrected chi connectivity index (χ1v) is 6.08. The SMILES string of the molecule is CN1CCN(C)C(c2noc(CC(=O)C(F)(F)F)n2)C1. The van der Waals surface area contributed by atoms with E-state index in [0.717, 1.165) is 13.1 Å². The van der Waals surface area contributed by atoms with Crippen molar-refractivity contribution in [2.24, 2.45) is 0 Å². The first kappa shape index (κ1) is 14.9. The van der Waals surface area contributed by atoms with Crippen LogP contribution in [0.15, 0.2) is 4.52 Å². The molecule has 0 saturated carbocycles.